The first-order valence-corrected chi connectivity index (χ1v) is 13.1. The lowest BCUT2D eigenvalue weighted by Crippen LogP contribution is -2.26. The third kappa shape index (κ3) is 6.36. The van der Waals surface area contributed by atoms with Crippen LogP contribution in [0.1, 0.15) is 53.2 Å². The van der Waals surface area contributed by atoms with Crippen LogP contribution in [0, 0.1) is 0 Å². The number of nitrogens with one attached hydrogen (secondary N) is 1. The van der Waals surface area contributed by atoms with Gasteiger partial charge in [-0.25, -0.2) is 9.67 Å². The molecule has 9 heteroatoms. The largest absolute Gasteiger partial charge is 0.433 e. The van der Waals surface area contributed by atoms with Crippen molar-refractivity contribution in [3.05, 3.63) is 120 Å². The van der Waals surface area contributed by atoms with Gasteiger partial charge in [-0.1, -0.05) is 54.1 Å². The Hall–Kier alpha value is -4.53. The smallest absolute Gasteiger partial charge is 0.352 e. The van der Waals surface area contributed by atoms with Gasteiger partial charge in [-0.05, 0) is 61.6 Å². The molecule has 3 aromatic heterocycles. The molecule has 1 atom stereocenters. The van der Waals surface area contributed by atoms with Gasteiger partial charge in [-0.2, -0.15) is 18.3 Å². The molecule has 204 valence electrons. The van der Waals surface area contributed by atoms with Crippen LogP contribution in [0.2, 0.25) is 0 Å². The molecule has 0 aliphatic heterocycles. The van der Waals surface area contributed by atoms with Gasteiger partial charge < -0.3 is 5.32 Å². The Morgan fingerprint density at radius 1 is 1.05 bits per heavy atom. The summed E-state index contributed by atoms with van der Waals surface area (Å²) in [5.41, 5.74) is 2.40. The van der Waals surface area contributed by atoms with Crippen LogP contribution in [-0.4, -0.2) is 32.2 Å². The number of hydrogen-bond acceptors (Lipinski definition) is 4. The molecule has 0 radical (unpaired) electrons. The molecule has 40 heavy (non-hydrogen) atoms. The zero-order valence-corrected chi connectivity index (χ0v) is 21.7. The van der Waals surface area contributed by atoms with Crippen LogP contribution >= 0.6 is 0 Å². The summed E-state index contributed by atoms with van der Waals surface area (Å²) in [6.45, 7) is 0.438. The highest BCUT2D eigenvalue weighted by molar-refractivity contribution is 5.93. The quantitative estimate of drug-likeness (QED) is 0.262. The van der Waals surface area contributed by atoms with Gasteiger partial charge in [0.25, 0.3) is 5.91 Å². The van der Waals surface area contributed by atoms with Gasteiger partial charge >= 0.3 is 6.18 Å². The molecule has 4 aromatic rings. The second-order valence-corrected chi connectivity index (χ2v) is 9.54. The molecular formula is C31H28F3N5O. The van der Waals surface area contributed by atoms with E-state index in [1.54, 1.807) is 12.1 Å². The van der Waals surface area contributed by atoms with Crippen LogP contribution in [0.15, 0.2) is 103 Å². The second-order valence-electron chi connectivity index (χ2n) is 9.54. The monoisotopic (exact) mass is 543 g/mol. The fraction of sp³-hybridized carbons (Fsp3) is 0.226. The molecule has 1 unspecified atom stereocenters. The van der Waals surface area contributed by atoms with Gasteiger partial charge in [0.2, 0.25) is 0 Å². The zero-order valence-electron chi connectivity index (χ0n) is 21.7. The Labute approximate surface area is 230 Å². The zero-order chi connectivity index (χ0) is 28.0. The van der Waals surface area contributed by atoms with E-state index in [2.05, 4.69) is 50.7 Å². The van der Waals surface area contributed by atoms with E-state index in [0.717, 1.165) is 36.4 Å². The number of aromatic nitrogens is 4. The summed E-state index contributed by atoms with van der Waals surface area (Å²) in [4.78, 5) is 21.0. The summed E-state index contributed by atoms with van der Waals surface area (Å²) in [5.74, 6) is -0.205. The van der Waals surface area contributed by atoms with E-state index in [9.17, 15) is 18.0 Å². The highest BCUT2D eigenvalue weighted by Gasteiger charge is 2.37. The normalized spacial score (nSPS) is 14.3. The maximum atomic E-state index is 13.8. The van der Waals surface area contributed by atoms with Gasteiger partial charge in [-0.15, -0.1) is 0 Å². The summed E-state index contributed by atoms with van der Waals surface area (Å²) in [6, 6.07) is 17.3. The van der Waals surface area contributed by atoms with Gasteiger partial charge in [0, 0.05) is 36.6 Å². The molecule has 1 amide bonds. The molecule has 3 heterocycles. The van der Waals surface area contributed by atoms with Gasteiger partial charge in [0.15, 0.2) is 11.5 Å². The number of nitrogens with zero attached hydrogens (tertiary/aromatic N) is 4. The van der Waals surface area contributed by atoms with Gasteiger partial charge in [-0.3, -0.25) is 9.78 Å². The van der Waals surface area contributed by atoms with Crippen LogP contribution in [0.5, 0.6) is 0 Å². The summed E-state index contributed by atoms with van der Waals surface area (Å²) in [5, 5.41) is 7.06. The summed E-state index contributed by atoms with van der Waals surface area (Å²) < 4.78 is 42.1. The van der Waals surface area contributed by atoms with Gasteiger partial charge in [0.05, 0.1) is 11.3 Å². The predicted octanol–water partition coefficient (Wildman–Crippen LogP) is 6.92. The fourth-order valence-electron chi connectivity index (χ4n) is 4.83. The number of allylic oxidation sites excluding steroid dienone is 4. The molecule has 1 aromatic carbocycles. The van der Waals surface area contributed by atoms with E-state index in [1.165, 1.54) is 41.9 Å². The van der Waals surface area contributed by atoms with Crippen molar-refractivity contribution in [3.63, 3.8) is 0 Å². The van der Waals surface area contributed by atoms with Crippen molar-refractivity contribution in [2.45, 2.75) is 37.8 Å². The molecule has 0 bridgehead atoms. The van der Waals surface area contributed by atoms with Crippen molar-refractivity contribution in [2.24, 2.45) is 0 Å². The Morgan fingerprint density at radius 3 is 2.62 bits per heavy atom. The minimum atomic E-state index is -4.65. The van der Waals surface area contributed by atoms with Crippen molar-refractivity contribution in [1.82, 2.24) is 25.1 Å². The standard InChI is InChI=1S/C31H28F3N5O/c32-31(33,34)28-19-27(24-13-8-17-35-20-24)38-39(28)29-15-14-25(21-37-29)30(40)36-18-16-26(23-11-6-3-7-12-23)22-9-4-1-2-5-10-22/h1,3-4,6-9,11-15,17,19-21,26H,2,5,10,16,18H2,(H,36,40). The van der Waals surface area contributed by atoms with Crippen molar-refractivity contribution >= 4 is 5.91 Å². The molecule has 0 spiro atoms. The van der Waals surface area contributed by atoms with Crippen molar-refractivity contribution in [3.8, 4) is 17.1 Å². The summed E-state index contributed by atoms with van der Waals surface area (Å²) >= 11 is 0. The minimum absolute atomic E-state index is 0.0449. The molecule has 1 aliphatic rings. The van der Waals surface area contributed by atoms with Crippen molar-refractivity contribution < 1.29 is 18.0 Å². The van der Waals surface area contributed by atoms with E-state index >= 15 is 0 Å². The average molecular weight is 544 g/mol. The van der Waals surface area contributed by atoms with Gasteiger partial charge in [0.1, 0.15) is 0 Å². The van der Waals surface area contributed by atoms with E-state index in [0.29, 0.717) is 12.1 Å². The Bertz CT molecular complexity index is 1490. The third-order valence-corrected chi connectivity index (χ3v) is 6.83. The molecule has 1 N–H and O–H groups in total. The van der Waals surface area contributed by atoms with Crippen LogP contribution in [0.25, 0.3) is 17.1 Å². The van der Waals surface area contributed by atoms with Crippen molar-refractivity contribution in [2.75, 3.05) is 6.54 Å². The Morgan fingerprint density at radius 2 is 1.90 bits per heavy atom. The summed E-state index contributed by atoms with van der Waals surface area (Å²) in [7, 11) is 0. The third-order valence-electron chi connectivity index (χ3n) is 6.83. The lowest BCUT2D eigenvalue weighted by molar-refractivity contribution is -0.142. The highest BCUT2D eigenvalue weighted by Crippen LogP contribution is 2.34. The van der Waals surface area contributed by atoms with E-state index in [4.69, 9.17) is 0 Å². The second kappa shape index (κ2) is 12.1. The van der Waals surface area contributed by atoms with E-state index < -0.39 is 11.9 Å². The number of amides is 1. The number of hydrogen-bond donors (Lipinski definition) is 1. The van der Waals surface area contributed by atoms with Crippen LogP contribution in [0.4, 0.5) is 13.2 Å². The maximum absolute atomic E-state index is 13.8. The van der Waals surface area contributed by atoms with E-state index in [-0.39, 0.29) is 28.9 Å². The van der Waals surface area contributed by atoms with Crippen LogP contribution < -0.4 is 5.32 Å². The number of halogens is 3. The number of pyridine rings is 2. The van der Waals surface area contributed by atoms with Crippen molar-refractivity contribution in [1.29, 1.82) is 0 Å². The topological polar surface area (TPSA) is 72.7 Å². The minimum Gasteiger partial charge on any atom is -0.352 e. The molecule has 6 nitrogen and oxygen atoms in total. The van der Waals surface area contributed by atoms with Crippen LogP contribution in [-0.2, 0) is 6.18 Å². The number of benzene rings is 1. The van der Waals surface area contributed by atoms with E-state index in [1.807, 2.05) is 18.2 Å². The number of carbonyl (C=O) groups excluding carboxylic acids is 1. The molecule has 0 saturated carbocycles. The molecular weight excluding hydrogens is 515 g/mol. The molecule has 0 fully saturated rings. The first-order valence-electron chi connectivity index (χ1n) is 13.1. The first kappa shape index (κ1) is 27.1. The molecule has 1 aliphatic carbocycles. The molecule has 5 rings (SSSR count). The fourth-order valence-corrected chi connectivity index (χ4v) is 4.83. The molecule has 0 saturated heterocycles. The lowest BCUT2D eigenvalue weighted by Gasteiger charge is -2.21. The number of carbonyl (C=O) groups is 1. The maximum Gasteiger partial charge on any atom is 0.433 e. The first-order chi connectivity index (χ1) is 19.4. The predicted molar refractivity (Wildman–Crippen MR) is 147 cm³/mol. The highest BCUT2D eigenvalue weighted by atomic mass is 19.4. The lowest BCUT2D eigenvalue weighted by atomic mass is 9.86. The average Bonchev–Trinajstić information content (AvgIpc) is 3.27. The SMILES string of the molecule is O=C(NCCC(C1=CC=CCCC1)c1ccccc1)c1ccc(-n2nc(-c3cccnc3)cc2C(F)(F)F)nc1. The van der Waals surface area contributed by atoms with Crippen LogP contribution in [0.3, 0.4) is 0 Å². The Kier molecular flexibility index (Phi) is 8.19. The number of rotatable bonds is 8. The Balaban J connectivity index is 1.29. The summed E-state index contributed by atoms with van der Waals surface area (Å²) in [6.07, 6.45) is 9.92. The number of alkyl halides is 3.